The predicted molar refractivity (Wildman–Crippen MR) is 70.1 cm³/mol. The topological polar surface area (TPSA) is 50.9 Å². The maximum absolute atomic E-state index is 5.88. The second-order valence-electron chi connectivity index (χ2n) is 3.89. The van der Waals surface area contributed by atoms with Gasteiger partial charge in [-0.05, 0) is 44.5 Å². The average molecular weight is 219 g/mol. The number of nitrogens with one attached hydrogen (secondary N) is 1. The molecule has 0 unspecified atom stereocenters. The van der Waals surface area contributed by atoms with Crippen LogP contribution in [0.3, 0.4) is 0 Å². The fraction of sp³-hybridized carbons (Fsp3) is 0.462. The van der Waals surface area contributed by atoms with Gasteiger partial charge in [0.1, 0.15) is 0 Å². The molecular weight excluding hydrogens is 198 g/mol. The number of allylic oxidation sites excluding steroid dienone is 1. The number of hydrogen-bond acceptors (Lipinski definition) is 3. The van der Waals surface area contributed by atoms with Crippen LogP contribution in [0.1, 0.15) is 32.3 Å². The van der Waals surface area contributed by atoms with Gasteiger partial charge in [-0.1, -0.05) is 13.0 Å². The fourth-order valence-electron chi connectivity index (χ4n) is 1.54. The molecule has 0 atom stereocenters. The van der Waals surface area contributed by atoms with E-state index in [1.807, 2.05) is 12.3 Å². The smallest absolute Gasteiger partial charge is 0.0421 e. The lowest BCUT2D eigenvalue weighted by atomic mass is 10.1. The van der Waals surface area contributed by atoms with E-state index in [4.69, 9.17) is 5.73 Å². The molecule has 1 aromatic rings. The molecule has 1 aromatic heterocycles. The molecule has 0 aliphatic carbocycles. The summed E-state index contributed by atoms with van der Waals surface area (Å²) in [4.78, 5) is 4.09. The third-order valence-corrected chi connectivity index (χ3v) is 2.48. The Balaban J connectivity index is 2.47. The van der Waals surface area contributed by atoms with E-state index in [0.29, 0.717) is 0 Å². The van der Waals surface area contributed by atoms with Gasteiger partial charge in [-0.15, -0.1) is 0 Å². The molecule has 0 radical (unpaired) electrons. The molecule has 0 bridgehead atoms. The molecule has 3 N–H and O–H groups in total. The Morgan fingerprint density at radius 2 is 2.31 bits per heavy atom. The first-order valence-electron chi connectivity index (χ1n) is 5.83. The summed E-state index contributed by atoms with van der Waals surface area (Å²) in [5, 5.41) is 3.37. The van der Waals surface area contributed by atoms with Crippen molar-refractivity contribution in [2.45, 2.75) is 26.7 Å². The molecule has 3 nitrogen and oxygen atoms in total. The van der Waals surface area contributed by atoms with Crippen molar-refractivity contribution in [2.24, 2.45) is 0 Å². The maximum Gasteiger partial charge on any atom is 0.0421 e. The van der Waals surface area contributed by atoms with Gasteiger partial charge in [-0.25, -0.2) is 0 Å². The van der Waals surface area contributed by atoms with Gasteiger partial charge in [0.2, 0.25) is 0 Å². The van der Waals surface area contributed by atoms with E-state index >= 15 is 0 Å². The van der Waals surface area contributed by atoms with Crippen molar-refractivity contribution in [3.8, 4) is 0 Å². The summed E-state index contributed by atoms with van der Waals surface area (Å²) in [5.41, 5.74) is 8.91. The van der Waals surface area contributed by atoms with E-state index in [-0.39, 0.29) is 0 Å². The lowest BCUT2D eigenvalue weighted by Gasteiger charge is -2.05. The molecule has 0 spiro atoms. The van der Waals surface area contributed by atoms with Crippen LogP contribution in [0.4, 0.5) is 5.69 Å². The van der Waals surface area contributed by atoms with Crippen LogP contribution in [-0.2, 0) is 0 Å². The van der Waals surface area contributed by atoms with Gasteiger partial charge in [-0.2, -0.15) is 0 Å². The van der Waals surface area contributed by atoms with Crippen LogP contribution < -0.4 is 11.1 Å². The first kappa shape index (κ1) is 12.7. The highest BCUT2D eigenvalue weighted by Gasteiger charge is 1.99. The molecule has 16 heavy (non-hydrogen) atoms. The second kappa shape index (κ2) is 7.01. The van der Waals surface area contributed by atoms with Crippen molar-refractivity contribution in [2.75, 3.05) is 18.8 Å². The highest BCUT2D eigenvalue weighted by Crippen LogP contribution is 2.19. The monoisotopic (exact) mass is 219 g/mol. The number of anilines is 1. The van der Waals surface area contributed by atoms with Gasteiger partial charge >= 0.3 is 0 Å². The normalized spacial score (nSPS) is 11.8. The third-order valence-electron chi connectivity index (χ3n) is 2.48. The van der Waals surface area contributed by atoms with Crippen LogP contribution in [0.5, 0.6) is 0 Å². The van der Waals surface area contributed by atoms with Crippen LogP contribution in [0.25, 0.3) is 5.57 Å². The van der Waals surface area contributed by atoms with Crippen LogP contribution in [0.2, 0.25) is 0 Å². The summed E-state index contributed by atoms with van der Waals surface area (Å²) < 4.78 is 0. The van der Waals surface area contributed by atoms with Crippen molar-refractivity contribution in [1.82, 2.24) is 10.3 Å². The second-order valence-corrected chi connectivity index (χ2v) is 3.89. The minimum absolute atomic E-state index is 0.797. The Bertz CT molecular complexity index is 345. The number of nitrogen functional groups attached to an aromatic ring is 1. The molecule has 3 heteroatoms. The fourth-order valence-corrected chi connectivity index (χ4v) is 1.54. The Morgan fingerprint density at radius 3 is 3.00 bits per heavy atom. The van der Waals surface area contributed by atoms with Crippen LogP contribution in [0.15, 0.2) is 24.5 Å². The Morgan fingerprint density at radius 1 is 1.50 bits per heavy atom. The Kier molecular flexibility index (Phi) is 5.57. The maximum atomic E-state index is 5.88. The SMILES string of the molecule is CCCNCCC=C(C)c1cnccc1N. The first-order chi connectivity index (χ1) is 7.75. The van der Waals surface area contributed by atoms with Gasteiger partial charge in [0.15, 0.2) is 0 Å². The molecule has 0 saturated carbocycles. The molecular formula is C13H21N3. The predicted octanol–water partition coefficient (Wildman–Crippen LogP) is 2.46. The van der Waals surface area contributed by atoms with Crippen molar-refractivity contribution in [3.63, 3.8) is 0 Å². The van der Waals surface area contributed by atoms with Gasteiger partial charge < -0.3 is 11.1 Å². The molecule has 0 amide bonds. The number of hydrogen-bond donors (Lipinski definition) is 2. The zero-order valence-electron chi connectivity index (χ0n) is 10.2. The van der Waals surface area contributed by atoms with Gasteiger partial charge in [0.25, 0.3) is 0 Å². The lowest BCUT2D eigenvalue weighted by molar-refractivity contribution is 0.678. The van der Waals surface area contributed by atoms with E-state index < -0.39 is 0 Å². The highest BCUT2D eigenvalue weighted by atomic mass is 14.8. The molecule has 88 valence electrons. The van der Waals surface area contributed by atoms with Gasteiger partial charge in [-0.3, -0.25) is 4.98 Å². The molecule has 0 saturated heterocycles. The summed E-state index contributed by atoms with van der Waals surface area (Å²) in [6, 6.07) is 1.84. The van der Waals surface area contributed by atoms with Crippen molar-refractivity contribution in [3.05, 3.63) is 30.1 Å². The summed E-state index contributed by atoms with van der Waals surface area (Å²) in [6.07, 6.45) is 7.95. The summed E-state index contributed by atoms with van der Waals surface area (Å²) in [7, 11) is 0. The minimum atomic E-state index is 0.797. The number of nitrogens with zero attached hydrogens (tertiary/aromatic N) is 1. The van der Waals surface area contributed by atoms with Crippen LogP contribution >= 0.6 is 0 Å². The quantitative estimate of drug-likeness (QED) is 0.723. The van der Waals surface area contributed by atoms with E-state index in [1.165, 1.54) is 12.0 Å². The van der Waals surface area contributed by atoms with Gasteiger partial charge in [0.05, 0.1) is 0 Å². The standard InChI is InChI=1S/C13H21N3/c1-3-7-15-8-4-5-11(2)12-10-16-9-6-13(12)14/h5-6,9-10,15H,3-4,7-8H2,1-2H3,(H2,14,16). The average Bonchev–Trinajstić information content (AvgIpc) is 2.29. The highest BCUT2D eigenvalue weighted by molar-refractivity contribution is 5.72. The lowest BCUT2D eigenvalue weighted by Crippen LogP contribution is -2.15. The summed E-state index contributed by atoms with van der Waals surface area (Å²) in [6.45, 7) is 6.35. The van der Waals surface area contributed by atoms with Crippen molar-refractivity contribution < 1.29 is 0 Å². The van der Waals surface area contributed by atoms with E-state index in [1.54, 1.807) is 6.20 Å². The minimum Gasteiger partial charge on any atom is -0.398 e. The number of nitrogens with two attached hydrogens (primary N) is 1. The third kappa shape index (κ3) is 4.03. The van der Waals surface area contributed by atoms with E-state index in [2.05, 4.69) is 30.2 Å². The summed E-state index contributed by atoms with van der Waals surface area (Å²) in [5.74, 6) is 0. The molecule has 0 fully saturated rings. The van der Waals surface area contributed by atoms with Crippen LogP contribution in [0, 0.1) is 0 Å². The largest absolute Gasteiger partial charge is 0.398 e. The first-order valence-corrected chi connectivity index (χ1v) is 5.83. The Hall–Kier alpha value is -1.35. The summed E-state index contributed by atoms with van der Waals surface area (Å²) >= 11 is 0. The van der Waals surface area contributed by atoms with E-state index in [9.17, 15) is 0 Å². The molecule has 0 aliphatic rings. The van der Waals surface area contributed by atoms with Gasteiger partial charge in [0, 0.05) is 23.6 Å². The van der Waals surface area contributed by atoms with Crippen molar-refractivity contribution in [1.29, 1.82) is 0 Å². The van der Waals surface area contributed by atoms with E-state index in [0.717, 1.165) is 30.8 Å². The molecule has 0 aliphatic heterocycles. The number of rotatable bonds is 6. The Labute approximate surface area is 97.8 Å². The zero-order valence-corrected chi connectivity index (χ0v) is 10.2. The number of pyridine rings is 1. The zero-order chi connectivity index (χ0) is 11.8. The van der Waals surface area contributed by atoms with Crippen molar-refractivity contribution >= 4 is 11.3 Å². The molecule has 1 rings (SSSR count). The molecule has 0 aromatic carbocycles. The number of aromatic nitrogens is 1. The van der Waals surface area contributed by atoms with Crippen LogP contribution in [-0.4, -0.2) is 18.1 Å². The molecule has 1 heterocycles.